The Morgan fingerprint density at radius 1 is 1.38 bits per heavy atom. The van der Waals surface area contributed by atoms with E-state index in [4.69, 9.17) is 14.7 Å². The fourth-order valence-corrected chi connectivity index (χ4v) is 2.31. The Morgan fingerprint density at radius 3 is 2.76 bits per heavy atom. The minimum atomic E-state index is -0.373. The van der Waals surface area contributed by atoms with Gasteiger partial charge in [0.15, 0.2) is 0 Å². The van der Waals surface area contributed by atoms with E-state index in [0.29, 0.717) is 6.61 Å². The number of nitrogens with one attached hydrogen (secondary N) is 1. The van der Waals surface area contributed by atoms with Crippen LogP contribution in [0, 0.1) is 11.3 Å². The lowest BCUT2D eigenvalue weighted by Crippen LogP contribution is -2.40. The normalized spacial score (nSPS) is 21.1. The van der Waals surface area contributed by atoms with Gasteiger partial charge in [-0.3, -0.25) is 0 Å². The van der Waals surface area contributed by atoms with E-state index in [1.165, 1.54) is 12.4 Å². The third-order valence-electron chi connectivity index (χ3n) is 3.32. The number of nitrogens with zero attached hydrogens (tertiary/aromatic N) is 3. The molecular weight excluding hydrogens is 272 g/mol. The molecule has 1 saturated carbocycles. The molecule has 1 heterocycles. The minimum Gasteiger partial charge on any atom is -0.472 e. The minimum absolute atomic E-state index is 0.00551. The largest absolute Gasteiger partial charge is 0.472 e. The number of nitriles is 1. The van der Waals surface area contributed by atoms with E-state index in [0.717, 1.165) is 25.7 Å². The number of hydrogen-bond acceptors (Lipinski definition) is 6. The topological polar surface area (TPSA) is 97.1 Å². The summed E-state index contributed by atoms with van der Waals surface area (Å²) in [4.78, 5) is 19.3. The zero-order chi connectivity index (χ0) is 15.1. The fourth-order valence-electron chi connectivity index (χ4n) is 2.31. The summed E-state index contributed by atoms with van der Waals surface area (Å²) in [5, 5.41) is 11.8. The first kappa shape index (κ1) is 15.0. The summed E-state index contributed by atoms with van der Waals surface area (Å²) in [6.45, 7) is 2.14. The Labute approximate surface area is 123 Å². The van der Waals surface area contributed by atoms with Gasteiger partial charge in [0.1, 0.15) is 12.2 Å². The van der Waals surface area contributed by atoms with Crippen LogP contribution in [0.15, 0.2) is 12.4 Å². The quantitative estimate of drug-likeness (QED) is 0.907. The van der Waals surface area contributed by atoms with E-state index in [9.17, 15) is 4.79 Å². The van der Waals surface area contributed by atoms with Gasteiger partial charge >= 0.3 is 6.09 Å². The van der Waals surface area contributed by atoms with Crippen molar-refractivity contribution < 1.29 is 14.3 Å². The standard InChI is InChI=1S/C14H18N4O3/c1-2-20-14(19)18-10-3-5-11(6-4-10)21-13-12(9-15)16-7-8-17-13/h7-8,10-11H,2-6H2,1H3,(H,18,19). The molecule has 0 aromatic carbocycles. The van der Waals surface area contributed by atoms with Gasteiger partial charge in [-0.2, -0.15) is 5.26 Å². The van der Waals surface area contributed by atoms with E-state index in [1.807, 2.05) is 6.07 Å². The summed E-state index contributed by atoms with van der Waals surface area (Å²) in [7, 11) is 0. The zero-order valence-corrected chi connectivity index (χ0v) is 11.9. The van der Waals surface area contributed by atoms with Gasteiger partial charge in [-0.25, -0.2) is 14.8 Å². The average Bonchev–Trinajstić information content (AvgIpc) is 2.50. The molecule has 1 amide bonds. The highest BCUT2D eigenvalue weighted by molar-refractivity contribution is 5.67. The maximum absolute atomic E-state index is 11.3. The molecule has 7 heteroatoms. The SMILES string of the molecule is CCOC(=O)NC1CCC(Oc2nccnc2C#N)CC1. The molecule has 21 heavy (non-hydrogen) atoms. The molecule has 0 unspecified atom stereocenters. The second-order valence-electron chi connectivity index (χ2n) is 4.78. The van der Waals surface area contributed by atoms with Gasteiger partial charge < -0.3 is 14.8 Å². The van der Waals surface area contributed by atoms with Crippen molar-refractivity contribution in [1.82, 2.24) is 15.3 Å². The van der Waals surface area contributed by atoms with Crippen LogP contribution in [0.1, 0.15) is 38.3 Å². The second-order valence-corrected chi connectivity index (χ2v) is 4.78. The second kappa shape index (κ2) is 7.43. The molecule has 0 spiro atoms. The molecule has 1 aromatic heterocycles. The molecule has 1 fully saturated rings. The molecule has 0 atom stereocenters. The lowest BCUT2D eigenvalue weighted by molar-refractivity contribution is 0.119. The van der Waals surface area contributed by atoms with E-state index in [1.54, 1.807) is 6.92 Å². The highest BCUT2D eigenvalue weighted by Gasteiger charge is 2.25. The Morgan fingerprint density at radius 2 is 2.10 bits per heavy atom. The molecule has 1 aliphatic rings. The third kappa shape index (κ3) is 4.31. The molecule has 0 saturated heterocycles. The molecule has 0 radical (unpaired) electrons. The van der Waals surface area contributed by atoms with Gasteiger partial charge in [0, 0.05) is 18.4 Å². The van der Waals surface area contributed by atoms with Crippen LogP contribution in [0.25, 0.3) is 0 Å². The first-order valence-electron chi connectivity index (χ1n) is 7.04. The number of rotatable bonds is 4. The van der Waals surface area contributed by atoms with Gasteiger partial charge in [0.05, 0.1) is 6.61 Å². The first-order valence-corrected chi connectivity index (χ1v) is 7.04. The lowest BCUT2D eigenvalue weighted by atomic mass is 9.93. The van der Waals surface area contributed by atoms with Gasteiger partial charge in [0.25, 0.3) is 5.88 Å². The molecule has 0 aliphatic heterocycles. The Kier molecular flexibility index (Phi) is 5.32. The monoisotopic (exact) mass is 290 g/mol. The van der Waals surface area contributed by atoms with Crippen molar-refractivity contribution in [2.45, 2.75) is 44.8 Å². The van der Waals surface area contributed by atoms with Gasteiger partial charge in [0.2, 0.25) is 5.69 Å². The Bertz CT molecular complexity index is 521. The van der Waals surface area contributed by atoms with Crippen molar-refractivity contribution in [2.24, 2.45) is 0 Å². The molecule has 0 bridgehead atoms. The third-order valence-corrected chi connectivity index (χ3v) is 3.32. The van der Waals surface area contributed by atoms with Crippen LogP contribution < -0.4 is 10.1 Å². The highest BCUT2D eigenvalue weighted by Crippen LogP contribution is 2.23. The van der Waals surface area contributed by atoms with E-state index in [-0.39, 0.29) is 29.8 Å². The van der Waals surface area contributed by atoms with Gasteiger partial charge in [-0.15, -0.1) is 0 Å². The molecule has 1 N–H and O–H groups in total. The number of carbonyl (C=O) groups excluding carboxylic acids is 1. The molecule has 7 nitrogen and oxygen atoms in total. The van der Waals surface area contributed by atoms with Crippen LogP contribution in [0.5, 0.6) is 5.88 Å². The van der Waals surface area contributed by atoms with Crippen molar-refractivity contribution >= 4 is 6.09 Å². The maximum atomic E-state index is 11.3. The lowest BCUT2D eigenvalue weighted by Gasteiger charge is -2.28. The summed E-state index contributed by atoms with van der Waals surface area (Å²) in [5.41, 5.74) is 0.198. The summed E-state index contributed by atoms with van der Waals surface area (Å²) in [5.74, 6) is 0.279. The molecule has 2 rings (SSSR count). The Hall–Kier alpha value is -2.36. The summed E-state index contributed by atoms with van der Waals surface area (Å²) < 4.78 is 10.6. The van der Waals surface area contributed by atoms with Crippen molar-refractivity contribution in [2.75, 3.05) is 6.61 Å². The average molecular weight is 290 g/mol. The highest BCUT2D eigenvalue weighted by atomic mass is 16.5. The van der Waals surface area contributed by atoms with Crippen molar-refractivity contribution in [1.29, 1.82) is 5.26 Å². The van der Waals surface area contributed by atoms with Crippen LogP contribution in [0.2, 0.25) is 0 Å². The fraction of sp³-hybridized carbons (Fsp3) is 0.571. The van der Waals surface area contributed by atoms with Crippen molar-refractivity contribution in [3.05, 3.63) is 18.1 Å². The molecule has 1 aromatic rings. The molecular formula is C14H18N4O3. The zero-order valence-electron chi connectivity index (χ0n) is 11.9. The number of alkyl carbamates (subject to hydrolysis) is 1. The van der Waals surface area contributed by atoms with Crippen LogP contribution >= 0.6 is 0 Å². The Balaban J connectivity index is 1.82. The van der Waals surface area contributed by atoms with E-state index in [2.05, 4.69) is 15.3 Å². The number of carbonyl (C=O) groups is 1. The number of aromatic nitrogens is 2. The number of amides is 1. The summed E-state index contributed by atoms with van der Waals surface area (Å²) in [6.07, 6.45) is 5.79. The van der Waals surface area contributed by atoms with Gasteiger partial charge in [-0.05, 0) is 32.6 Å². The van der Waals surface area contributed by atoms with E-state index < -0.39 is 0 Å². The van der Waals surface area contributed by atoms with Crippen molar-refractivity contribution in [3.8, 4) is 11.9 Å². The van der Waals surface area contributed by atoms with Crippen LogP contribution in [0.4, 0.5) is 4.79 Å². The predicted molar refractivity (Wildman–Crippen MR) is 73.6 cm³/mol. The van der Waals surface area contributed by atoms with Crippen LogP contribution in [0.3, 0.4) is 0 Å². The maximum Gasteiger partial charge on any atom is 0.407 e. The molecule has 1 aliphatic carbocycles. The van der Waals surface area contributed by atoms with Crippen LogP contribution in [-0.4, -0.2) is 34.8 Å². The molecule has 112 valence electrons. The van der Waals surface area contributed by atoms with Gasteiger partial charge in [-0.1, -0.05) is 0 Å². The summed E-state index contributed by atoms with van der Waals surface area (Å²) in [6, 6.07) is 2.07. The first-order chi connectivity index (χ1) is 10.2. The predicted octanol–water partition coefficient (Wildman–Crippen LogP) is 1.78. The van der Waals surface area contributed by atoms with E-state index >= 15 is 0 Å². The van der Waals surface area contributed by atoms with Crippen molar-refractivity contribution in [3.63, 3.8) is 0 Å². The smallest absolute Gasteiger partial charge is 0.407 e. The van der Waals surface area contributed by atoms with Crippen LogP contribution in [-0.2, 0) is 4.74 Å². The summed E-state index contributed by atoms with van der Waals surface area (Å²) >= 11 is 0. The number of hydrogen-bond donors (Lipinski definition) is 1. The number of ether oxygens (including phenoxy) is 2.